The SMILES string of the molecule is NC(=O)CN1Cc2ccccc2C=N1. The van der Waals surface area contributed by atoms with Crippen LogP contribution in [-0.2, 0) is 11.3 Å². The molecule has 1 aromatic carbocycles. The van der Waals surface area contributed by atoms with Crippen molar-refractivity contribution in [3.05, 3.63) is 35.4 Å². The van der Waals surface area contributed by atoms with Crippen LogP contribution in [0.3, 0.4) is 0 Å². The molecule has 1 aromatic rings. The quantitative estimate of drug-likeness (QED) is 0.728. The highest BCUT2D eigenvalue weighted by molar-refractivity contribution is 5.83. The number of hydrogen-bond acceptors (Lipinski definition) is 3. The Morgan fingerprint density at radius 3 is 3.07 bits per heavy atom. The van der Waals surface area contributed by atoms with Gasteiger partial charge in [0.1, 0.15) is 6.54 Å². The molecule has 2 rings (SSSR count). The molecule has 14 heavy (non-hydrogen) atoms. The second-order valence-corrected chi connectivity index (χ2v) is 3.23. The molecule has 0 bridgehead atoms. The molecule has 0 aromatic heterocycles. The Balaban J connectivity index is 2.17. The van der Waals surface area contributed by atoms with Crippen LogP contribution in [0.15, 0.2) is 29.4 Å². The number of fused-ring (bicyclic) bond motifs is 1. The van der Waals surface area contributed by atoms with Gasteiger partial charge < -0.3 is 5.73 Å². The molecule has 0 atom stereocenters. The van der Waals surface area contributed by atoms with E-state index in [1.165, 1.54) is 5.56 Å². The summed E-state index contributed by atoms with van der Waals surface area (Å²) in [6.07, 6.45) is 1.75. The molecular formula is C10H11N3O. The van der Waals surface area contributed by atoms with E-state index in [0.29, 0.717) is 6.54 Å². The van der Waals surface area contributed by atoms with E-state index in [1.54, 1.807) is 11.2 Å². The largest absolute Gasteiger partial charge is 0.368 e. The lowest BCUT2D eigenvalue weighted by Crippen LogP contribution is -2.31. The minimum Gasteiger partial charge on any atom is -0.368 e. The van der Waals surface area contributed by atoms with Gasteiger partial charge in [-0.3, -0.25) is 9.80 Å². The van der Waals surface area contributed by atoms with E-state index in [1.807, 2.05) is 24.3 Å². The highest BCUT2D eigenvalue weighted by Gasteiger charge is 2.12. The average Bonchev–Trinajstić information content (AvgIpc) is 2.17. The number of primary amides is 1. The molecule has 0 aliphatic carbocycles. The molecule has 1 aliphatic rings. The molecule has 0 unspecified atom stereocenters. The first-order chi connectivity index (χ1) is 6.75. The van der Waals surface area contributed by atoms with Gasteiger partial charge in [0, 0.05) is 0 Å². The van der Waals surface area contributed by atoms with Crippen molar-refractivity contribution in [2.45, 2.75) is 6.54 Å². The average molecular weight is 189 g/mol. The number of hydrazone groups is 1. The van der Waals surface area contributed by atoms with E-state index >= 15 is 0 Å². The van der Waals surface area contributed by atoms with Crippen molar-refractivity contribution in [2.24, 2.45) is 10.8 Å². The second kappa shape index (κ2) is 3.49. The van der Waals surface area contributed by atoms with Crippen LogP contribution in [0.1, 0.15) is 11.1 Å². The summed E-state index contributed by atoms with van der Waals surface area (Å²) in [6, 6.07) is 7.96. The smallest absolute Gasteiger partial charge is 0.238 e. The highest BCUT2D eigenvalue weighted by atomic mass is 16.1. The Kier molecular flexibility index (Phi) is 2.18. The maximum Gasteiger partial charge on any atom is 0.238 e. The third kappa shape index (κ3) is 1.74. The summed E-state index contributed by atoms with van der Waals surface area (Å²) >= 11 is 0. The second-order valence-electron chi connectivity index (χ2n) is 3.23. The third-order valence-corrected chi connectivity index (χ3v) is 2.11. The van der Waals surface area contributed by atoms with Gasteiger partial charge in [0.25, 0.3) is 0 Å². The van der Waals surface area contributed by atoms with E-state index in [2.05, 4.69) is 5.10 Å². The molecular weight excluding hydrogens is 178 g/mol. The maximum atomic E-state index is 10.7. The molecule has 0 spiro atoms. The fraction of sp³-hybridized carbons (Fsp3) is 0.200. The molecule has 4 heteroatoms. The Bertz CT molecular complexity index is 387. The minimum absolute atomic E-state index is 0.171. The van der Waals surface area contributed by atoms with Gasteiger partial charge >= 0.3 is 0 Å². The topological polar surface area (TPSA) is 58.7 Å². The normalized spacial score (nSPS) is 13.9. The van der Waals surface area contributed by atoms with Crippen LogP contribution in [-0.4, -0.2) is 23.7 Å². The fourth-order valence-electron chi connectivity index (χ4n) is 1.46. The van der Waals surface area contributed by atoms with Gasteiger partial charge in [-0.25, -0.2) is 0 Å². The lowest BCUT2D eigenvalue weighted by molar-refractivity contribution is -0.119. The summed E-state index contributed by atoms with van der Waals surface area (Å²) in [5.74, 6) is -0.360. The molecule has 0 fully saturated rings. The Morgan fingerprint density at radius 2 is 2.29 bits per heavy atom. The van der Waals surface area contributed by atoms with Crippen LogP contribution in [0.5, 0.6) is 0 Å². The van der Waals surface area contributed by atoms with Crippen molar-refractivity contribution < 1.29 is 4.79 Å². The first kappa shape index (κ1) is 8.74. The predicted molar refractivity (Wildman–Crippen MR) is 53.6 cm³/mol. The van der Waals surface area contributed by atoms with E-state index in [0.717, 1.165) is 5.56 Å². The zero-order valence-corrected chi connectivity index (χ0v) is 7.68. The molecule has 72 valence electrons. The molecule has 1 amide bonds. The van der Waals surface area contributed by atoms with E-state index in [9.17, 15) is 4.79 Å². The van der Waals surface area contributed by atoms with Crippen LogP contribution in [0.25, 0.3) is 0 Å². The number of nitrogens with two attached hydrogens (primary N) is 1. The van der Waals surface area contributed by atoms with Crippen molar-refractivity contribution in [1.82, 2.24) is 5.01 Å². The maximum absolute atomic E-state index is 10.7. The molecule has 0 radical (unpaired) electrons. The Morgan fingerprint density at radius 1 is 1.50 bits per heavy atom. The summed E-state index contributed by atoms with van der Waals surface area (Å²) in [4.78, 5) is 10.7. The van der Waals surface area contributed by atoms with Gasteiger partial charge in [0.05, 0.1) is 12.8 Å². The zero-order chi connectivity index (χ0) is 9.97. The van der Waals surface area contributed by atoms with E-state index in [4.69, 9.17) is 5.73 Å². The number of rotatable bonds is 2. The van der Waals surface area contributed by atoms with E-state index in [-0.39, 0.29) is 12.5 Å². The number of hydrogen-bond donors (Lipinski definition) is 1. The van der Waals surface area contributed by atoms with Crippen molar-refractivity contribution in [2.75, 3.05) is 6.54 Å². The summed E-state index contributed by atoms with van der Waals surface area (Å²) in [7, 11) is 0. The van der Waals surface area contributed by atoms with Crippen LogP contribution in [0.2, 0.25) is 0 Å². The van der Waals surface area contributed by atoms with Crippen LogP contribution in [0.4, 0.5) is 0 Å². The molecule has 0 saturated carbocycles. The van der Waals surface area contributed by atoms with Gasteiger partial charge in [0.15, 0.2) is 0 Å². The van der Waals surface area contributed by atoms with Gasteiger partial charge in [-0.1, -0.05) is 24.3 Å². The number of carbonyl (C=O) groups excluding carboxylic acids is 1. The molecule has 2 N–H and O–H groups in total. The monoisotopic (exact) mass is 189 g/mol. The van der Waals surface area contributed by atoms with Gasteiger partial charge in [-0.2, -0.15) is 5.10 Å². The van der Waals surface area contributed by atoms with Crippen molar-refractivity contribution in [3.8, 4) is 0 Å². The zero-order valence-electron chi connectivity index (χ0n) is 7.68. The molecule has 4 nitrogen and oxygen atoms in total. The predicted octanol–water partition coefficient (Wildman–Crippen LogP) is 0.321. The molecule has 1 aliphatic heterocycles. The highest BCUT2D eigenvalue weighted by Crippen LogP contribution is 2.14. The van der Waals surface area contributed by atoms with Crippen molar-refractivity contribution in [3.63, 3.8) is 0 Å². The van der Waals surface area contributed by atoms with Gasteiger partial charge in [-0.05, 0) is 11.1 Å². The Labute approximate surface area is 82.0 Å². The standard InChI is InChI=1S/C10H11N3O/c11-10(14)7-13-6-9-4-2-1-3-8(9)5-12-13/h1-5H,6-7H2,(H2,11,14). The molecule has 0 saturated heterocycles. The van der Waals surface area contributed by atoms with E-state index < -0.39 is 0 Å². The summed E-state index contributed by atoms with van der Waals surface area (Å²) in [5, 5.41) is 5.78. The number of nitrogens with zero attached hydrogens (tertiary/aromatic N) is 2. The molecule has 1 heterocycles. The van der Waals surface area contributed by atoms with Crippen LogP contribution >= 0.6 is 0 Å². The Hall–Kier alpha value is -1.84. The first-order valence-electron chi connectivity index (χ1n) is 4.41. The lowest BCUT2D eigenvalue weighted by atomic mass is 10.1. The van der Waals surface area contributed by atoms with Crippen LogP contribution < -0.4 is 5.73 Å². The van der Waals surface area contributed by atoms with Crippen molar-refractivity contribution >= 4 is 12.1 Å². The van der Waals surface area contributed by atoms with Gasteiger partial charge in [0.2, 0.25) is 5.91 Å². The van der Waals surface area contributed by atoms with Crippen molar-refractivity contribution in [1.29, 1.82) is 0 Å². The third-order valence-electron chi connectivity index (χ3n) is 2.11. The lowest BCUT2D eigenvalue weighted by Gasteiger charge is -2.22. The number of amides is 1. The van der Waals surface area contributed by atoms with Crippen LogP contribution in [0, 0.1) is 0 Å². The first-order valence-corrected chi connectivity index (χ1v) is 4.41. The summed E-state index contributed by atoms with van der Waals surface area (Å²) in [5.41, 5.74) is 7.36. The summed E-state index contributed by atoms with van der Waals surface area (Å²) in [6.45, 7) is 0.820. The number of carbonyl (C=O) groups is 1. The fourth-order valence-corrected chi connectivity index (χ4v) is 1.46. The minimum atomic E-state index is -0.360. The summed E-state index contributed by atoms with van der Waals surface area (Å²) < 4.78 is 0. The van der Waals surface area contributed by atoms with Gasteiger partial charge in [-0.15, -0.1) is 0 Å². The number of benzene rings is 1.